The van der Waals surface area contributed by atoms with E-state index in [1.165, 1.54) is 10.9 Å². The SMILES string of the molecule is CCOc1ccc(-c2[nH]c3c(Cl)cccc3c2CCCCN)c2cccnc12. The van der Waals surface area contributed by atoms with Gasteiger partial charge in [0, 0.05) is 22.5 Å². The van der Waals surface area contributed by atoms with E-state index in [2.05, 4.69) is 28.2 Å². The van der Waals surface area contributed by atoms with Gasteiger partial charge >= 0.3 is 0 Å². The molecule has 144 valence electrons. The molecule has 4 nitrogen and oxygen atoms in total. The van der Waals surface area contributed by atoms with Crippen molar-refractivity contribution in [3.63, 3.8) is 0 Å². The smallest absolute Gasteiger partial charge is 0.145 e. The van der Waals surface area contributed by atoms with Gasteiger partial charge < -0.3 is 15.5 Å². The molecule has 2 aromatic heterocycles. The fourth-order valence-electron chi connectivity index (χ4n) is 3.81. The van der Waals surface area contributed by atoms with Gasteiger partial charge in [-0.05, 0) is 62.6 Å². The van der Waals surface area contributed by atoms with Gasteiger partial charge in [-0.25, -0.2) is 0 Å². The van der Waals surface area contributed by atoms with Crippen LogP contribution in [0.5, 0.6) is 5.75 Å². The normalized spacial score (nSPS) is 11.4. The average molecular weight is 394 g/mol. The number of para-hydroxylation sites is 1. The van der Waals surface area contributed by atoms with Crippen LogP contribution >= 0.6 is 11.6 Å². The first-order valence-corrected chi connectivity index (χ1v) is 10.1. The summed E-state index contributed by atoms with van der Waals surface area (Å²) in [6.45, 7) is 3.30. The molecule has 0 aliphatic heterocycles. The predicted octanol–water partition coefficient (Wildman–Crippen LogP) is 5.72. The van der Waals surface area contributed by atoms with Gasteiger partial charge in [-0.2, -0.15) is 0 Å². The third-order valence-electron chi connectivity index (χ3n) is 5.07. The molecule has 3 N–H and O–H groups in total. The summed E-state index contributed by atoms with van der Waals surface area (Å²) in [7, 11) is 0. The Morgan fingerprint density at radius 3 is 2.75 bits per heavy atom. The van der Waals surface area contributed by atoms with Gasteiger partial charge in [0.2, 0.25) is 0 Å². The quantitative estimate of drug-likeness (QED) is 0.395. The van der Waals surface area contributed by atoms with Crippen molar-refractivity contribution in [2.75, 3.05) is 13.2 Å². The zero-order valence-electron chi connectivity index (χ0n) is 16.0. The summed E-state index contributed by atoms with van der Waals surface area (Å²) < 4.78 is 5.79. The first kappa shape index (κ1) is 18.8. The van der Waals surface area contributed by atoms with Gasteiger partial charge in [0.15, 0.2) is 0 Å². The van der Waals surface area contributed by atoms with Gasteiger partial charge in [-0.15, -0.1) is 0 Å². The summed E-state index contributed by atoms with van der Waals surface area (Å²) >= 11 is 6.49. The Morgan fingerprint density at radius 2 is 1.93 bits per heavy atom. The maximum absolute atomic E-state index is 6.49. The van der Waals surface area contributed by atoms with Crippen LogP contribution < -0.4 is 10.5 Å². The molecule has 4 rings (SSSR count). The summed E-state index contributed by atoms with van der Waals surface area (Å²) in [6.07, 6.45) is 4.79. The molecule has 0 unspecified atom stereocenters. The highest BCUT2D eigenvalue weighted by atomic mass is 35.5. The van der Waals surface area contributed by atoms with E-state index in [1.807, 2.05) is 31.2 Å². The average Bonchev–Trinajstić information content (AvgIpc) is 3.08. The summed E-state index contributed by atoms with van der Waals surface area (Å²) in [4.78, 5) is 8.17. The molecule has 0 fully saturated rings. The van der Waals surface area contributed by atoms with E-state index in [4.69, 9.17) is 22.1 Å². The van der Waals surface area contributed by atoms with E-state index in [0.717, 1.165) is 57.7 Å². The first-order chi connectivity index (χ1) is 13.7. The Hall–Kier alpha value is -2.56. The van der Waals surface area contributed by atoms with E-state index in [9.17, 15) is 0 Å². The molecule has 0 aliphatic rings. The highest BCUT2D eigenvalue weighted by molar-refractivity contribution is 6.35. The molecule has 5 heteroatoms. The largest absolute Gasteiger partial charge is 0.492 e. The van der Waals surface area contributed by atoms with Gasteiger partial charge in [0.05, 0.1) is 22.8 Å². The standard InChI is InChI=1S/C23H24ClN3O/c1-2-28-20-12-11-18(17-9-6-14-26-23(17)20)21-15(7-3-4-13-25)16-8-5-10-19(24)22(16)27-21/h5-6,8-12,14,27H,2-4,7,13,25H2,1H3. The lowest BCUT2D eigenvalue weighted by molar-refractivity contribution is 0.343. The number of aromatic nitrogens is 2. The second-order valence-corrected chi connectivity index (χ2v) is 7.24. The molecule has 0 radical (unpaired) electrons. The number of fused-ring (bicyclic) bond motifs is 2. The van der Waals surface area contributed by atoms with Crippen LogP contribution in [0.1, 0.15) is 25.3 Å². The zero-order valence-corrected chi connectivity index (χ0v) is 16.7. The van der Waals surface area contributed by atoms with Gasteiger partial charge in [0.1, 0.15) is 11.3 Å². The van der Waals surface area contributed by atoms with Gasteiger partial charge in [-0.1, -0.05) is 29.8 Å². The number of hydrogen-bond donors (Lipinski definition) is 2. The number of nitrogens with two attached hydrogens (primary N) is 1. The number of aryl methyl sites for hydroxylation is 1. The van der Waals surface area contributed by atoms with Crippen molar-refractivity contribution in [1.29, 1.82) is 0 Å². The number of aromatic amines is 1. The summed E-state index contributed by atoms with van der Waals surface area (Å²) in [5, 5.41) is 2.97. The molecule has 28 heavy (non-hydrogen) atoms. The number of benzene rings is 2. The lowest BCUT2D eigenvalue weighted by Gasteiger charge is -2.12. The van der Waals surface area contributed by atoms with Gasteiger partial charge in [-0.3, -0.25) is 4.98 Å². The van der Waals surface area contributed by atoms with Crippen molar-refractivity contribution in [3.05, 3.63) is 59.2 Å². The number of H-pyrrole nitrogens is 1. The minimum Gasteiger partial charge on any atom is -0.492 e. The Morgan fingerprint density at radius 1 is 1.07 bits per heavy atom. The molecule has 0 aliphatic carbocycles. The van der Waals surface area contributed by atoms with Crippen molar-refractivity contribution >= 4 is 33.4 Å². The fraction of sp³-hybridized carbons (Fsp3) is 0.261. The molecule has 0 spiro atoms. The summed E-state index contributed by atoms with van der Waals surface area (Å²) in [6, 6.07) is 14.2. The second-order valence-electron chi connectivity index (χ2n) is 6.83. The van der Waals surface area contributed by atoms with E-state index in [0.29, 0.717) is 13.2 Å². The first-order valence-electron chi connectivity index (χ1n) is 9.74. The van der Waals surface area contributed by atoms with E-state index >= 15 is 0 Å². The van der Waals surface area contributed by atoms with E-state index < -0.39 is 0 Å². The predicted molar refractivity (Wildman–Crippen MR) is 117 cm³/mol. The molecule has 0 atom stereocenters. The Balaban J connectivity index is 1.95. The van der Waals surface area contributed by atoms with Crippen LogP contribution in [-0.4, -0.2) is 23.1 Å². The molecule has 2 heterocycles. The third kappa shape index (κ3) is 3.34. The van der Waals surface area contributed by atoms with Crippen molar-refractivity contribution < 1.29 is 4.74 Å². The number of rotatable bonds is 7. The van der Waals surface area contributed by atoms with Crippen LogP contribution in [0.4, 0.5) is 0 Å². The minimum atomic E-state index is 0.608. The Bertz CT molecular complexity index is 1120. The third-order valence-corrected chi connectivity index (χ3v) is 5.39. The van der Waals surface area contributed by atoms with Crippen molar-refractivity contribution in [3.8, 4) is 17.0 Å². The Kier molecular flexibility index (Phi) is 5.51. The van der Waals surface area contributed by atoms with Crippen molar-refractivity contribution in [1.82, 2.24) is 9.97 Å². The van der Waals surface area contributed by atoms with Crippen molar-refractivity contribution in [2.45, 2.75) is 26.2 Å². The number of halogens is 1. The maximum Gasteiger partial charge on any atom is 0.145 e. The number of hydrogen-bond acceptors (Lipinski definition) is 3. The fourth-order valence-corrected chi connectivity index (χ4v) is 4.03. The van der Waals surface area contributed by atoms with E-state index in [1.54, 1.807) is 6.20 Å². The summed E-state index contributed by atoms with van der Waals surface area (Å²) in [5.74, 6) is 0.806. The Labute approximate surface area is 169 Å². The highest BCUT2D eigenvalue weighted by Crippen LogP contribution is 2.39. The van der Waals surface area contributed by atoms with Crippen LogP contribution in [0.15, 0.2) is 48.7 Å². The van der Waals surface area contributed by atoms with Crippen LogP contribution in [0, 0.1) is 0 Å². The highest BCUT2D eigenvalue weighted by Gasteiger charge is 2.18. The zero-order chi connectivity index (χ0) is 19.5. The number of unbranched alkanes of at least 4 members (excludes halogenated alkanes) is 1. The number of nitrogens with zero attached hydrogens (tertiary/aromatic N) is 1. The molecule has 4 aromatic rings. The maximum atomic E-state index is 6.49. The minimum absolute atomic E-state index is 0.608. The van der Waals surface area contributed by atoms with E-state index in [-0.39, 0.29) is 0 Å². The second kappa shape index (κ2) is 8.21. The lowest BCUT2D eigenvalue weighted by atomic mass is 9.97. The molecule has 2 aromatic carbocycles. The van der Waals surface area contributed by atoms with Crippen LogP contribution in [0.25, 0.3) is 33.1 Å². The van der Waals surface area contributed by atoms with Crippen LogP contribution in [0.2, 0.25) is 5.02 Å². The van der Waals surface area contributed by atoms with Crippen molar-refractivity contribution in [2.24, 2.45) is 5.73 Å². The molecular formula is C23H24ClN3O. The molecule has 0 bridgehead atoms. The topological polar surface area (TPSA) is 63.9 Å². The molecule has 0 amide bonds. The summed E-state index contributed by atoms with van der Waals surface area (Å²) in [5.41, 5.74) is 11.1. The van der Waals surface area contributed by atoms with Crippen LogP contribution in [0.3, 0.4) is 0 Å². The van der Waals surface area contributed by atoms with Gasteiger partial charge in [0.25, 0.3) is 0 Å². The van der Waals surface area contributed by atoms with Crippen LogP contribution in [-0.2, 0) is 6.42 Å². The number of pyridine rings is 1. The monoisotopic (exact) mass is 393 g/mol. The molecular weight excluding hydrogens is 370 g/mol. The number of nitrogens with one attached hydrogen (secondary N) is 1. The lowest BCUT2D eigenvalue weighted by Crippen LogP contribution is -1.99. The molecule has 0 saturated carbocycles. The number of ether oxygens (including phenoxy) is 1. The molecule has 0 saturated heterocycles.